The normalized spacial score (nSPS) is 10.9. The number of carbonyl (C=O) groups excluding carboxylic acids is 2. The van der Waals surface area contributed by atoms with E-state index >= 15 is 0 Å². The number of thioether (sulfide) groups is 1. The van der Waals surface area contributed by atoms with Crippen molar-refractivity contribution in [3.8, 4) is 5.69 Å². The Hall–Kier alpha value is -3.43. The monoisotopic (exact) mass is 493 g/mol. The van der Waals surface area contributed by atoms with Crippen LogP contribution in [0.15, 0.2) is 64.8 Å². The fourth-order valence-corrected chi connectivity index (χ4v) is 5.09. The maximum atomic E-state index is 13.4. The molecule has 34 heavy (non-hydrogen) atoms. The van der Waals surface area contributed by atoms with E-state index in [4.69, 9.17) is 4.74 Å². The van der Waals surface area contributed by atoms with E-state index in [2.05, 4.69) is 10.4 Å². The number of aryl methyl sites for hydroxylation is 1. The molecule has 0 aliphatic heterocycles. The number of fused-ring (bicyclic) bond motifs is 1. The van der Waals surface area contributed by atoms with Crippen LogP contribution in [-0.4, -0.2) is 34.0 Å². The molecule has 0 aliphatic carbocycles. The SMILES string of the molecule is CCOC(=O)c1nn(-c2ccc(C)cc2)c(=O)c2c(NC(=O)CSCc3ccccc3)scc12. The Morgan fingerprint density at radius 1 is 1.12 bits per heavy atom. The van der Waals surface area contributed by atoms with Crippen molar-refractivity contribution in [1.29, 1.82) is 0 Å². The molecule has 0 atom stereocenters. The lowest BCUT2D eigenvalue weighted by Crippen LogP contribution is -2.25. The van der Waals surface area contributed by atoms with Crippen LogP contribution in [0.1, 0.15) is 28.5 Å². The standard InChI is InChI=1S/C25H23N3O4S2/c1-3-32-25(31)22-19-14-34-23(26-20(29)15-33-13-17-7-5-4-6-8-17)21(19)24(30)28(27-22)18-11-9-16(2)10-12-18/h4-12,14H,3,13,15H2,1-2H3,(H,26,29). The van der Waals surface area contributed by atoms with E-state index in [-0.39, 0.29) is 29.3 Å². The van der Waals surface area contributed by atoms with Crippen LogP contribution in [0.25, 0.3) is 16.5 Å². The number of anilines is 1. The summed E-state index contributed by atoms with van der Waals surface area (Å²) in [6.45, 7) is 3.82. The van der Waals surface area contributed by atoms with Crippen LogP contribution in [0.2, 0.25) is 0 Å². The quantitative estimate of drug-likeness (QED) is 0.355. The molecule has 2 aromatic heterocycles. The summed E-state index contributed by atoms with van der Waals surface area (Å²) in [7, 11) is 0. The lowest BCUT2D eigenvalue weighted by Gasteiger charge is -2.10. The largest absolute Gasteiger partial charge is 0.461 e. The average molecular weight is 494 g/mol. The highest BCUT2D eigenvalue weighted by Gasteiger charge is 2.23. The summed E-state index contributed by atoms with van der Waals surface area (Å²) in [5, 5.41) is 9.81. The predicted molar refractivity (Wildman–Crippen MR) is 137 cm³/mol. The number of aromatic nitrogens is 2. The first-order chi connectivity index (χ1) is 16.5. The number of rotatable bonds is 8. The van der Waals surface area contributed by atoms with Gasteiger partial charge in [-0.15, -0.1) is 23.1 Å². The molecule has 0 radical (unpaired) electrons. The van der Waals surface area contributed by atoms with Gasteiger partial charge in [0.15, 0.2) is 5.69 Å². The van der Waals surface area contributed by atoms with Crippen molar-refractivity contribution >= 4 is 50.7 Å². The highest BCUT2D eigenvalue weighted by molar-refractivity contribution is 7.99. The fourth-order valence-electron chi connectivity index (χ4n) is 3.35. The van der Waals surface area contributed by atoms with Crippen LogP contribution in [0.5, 0.6) is 0 Å². The van der Waals surface area contributed by atoms with Gasteiger partial charge in [0.1, 0.15) is 5.00 Å². The third-order valence-electron chi connectivity index (χ3n) is 5.00. The van der Waals surface area contributed by atoms with Gasteiger partial charge in [-0.2, -0.15) is 9.78 Å². The van der Waals surface area contributed by atoms with E-state index in [0.29, 0.717) is 21.8 Å². The van der Waals surface area contributed by atoms with Gasteiger partial charge in [-0.25, -0.2) is 4.79 Å². The number of amides is 1. The first kappa shape index (κ1) is 23.7. The van der Waals surface area contributed by atoms with E-state index in [9.17, 15) is 14.4 Å². The Morgan fingerprint density at radius 2 is 1.85 bits per heavy atom. The van der Waals surface area contributed by atoms with Gasteiger partial charge in [0, 0.05) is 16.5 Å². The molecule has 2 aromatic carbocycles. The predicted octanol–water partition coefficient (Wildman–Crippen LogP) is 4.80. The smallest absolute Gasteiger partial charge is 0.359 e. The van der Waals surface area contributed by atoms with Crippen molar-refractivity contribution in [1.82, 2.24) is 9.78 Å². The number of nitrogens with zero attached hydrogens (tertiary/aromatic N) is 2. The van der Waals surface area contributed by atoms with E-state index < -0.39 is 11.5 Å². The molecule has 7 nitrogen and oxygen atoms in total. The molecule has 4 aromatic rings. The van der Waals surface area contributed by atoms with Crippen LogP contribution < -0.4 is 10.9 Å². The maximum absolute atomic E-state index is 13.4. The molecule has 0 aliphatic rings. The summed E-state index contributed by atoms with van der Waals surface area (Å²) in [6.07, 6.45) is 0. The van der Waals surface area contributed by atoms with E-state index in [0.717, 1.165) is 11.1 Å². The second kappa shape index (κ2) is 10.7. The lowest BCUT2D eigenvalue weighted by atomic mass is 10.2. The van der Waals surface area contributed by atoms with Crippen LogP contribution in [0, 0.1) is 6.92 Å². The molecule has 9 heteroatoms. The topological polar surface area (TPSA) is 90.3 Å². The Kier molecular flexibility index (Phi) is 7.44. The first-order valence-electron chi connectivity index (χ1n) is 10.7. The van der Waals surface area contributed by atoms with E-state index in [1.807, 2.05) is 49.4 Å². The number of thiophene rings is 1. The molecular weight excluding hydrogens is 470 g/mol. The minimum Gasteiger partial charge on any atom is -0.461 e. The average Bonchev–Trinajstić information content (AvgIpc) is 3.25. The number of nitrogens with one attached hydrogen (secondary N) is 1. The molecule has 0 bridgehead atoms. The van der Waals surface area contributed by atoms with Crippen molar-refractivity contribution < 1.29 is 14.3 Å². The van der Waals surface area contributed by atoms with Crippen LogP contribution in [-0.2, 0) is 15.3 Å². The summed E-state index contributed by atoms with van der Waals surface area (Å²) in [6, 6.07) is 17.1. The highest BCUT2D eigenvalue weighted by Crippen LogP contribution is 2.31. The molecule has 0 saturated carbocycles. The van der Waals surface area contributed by atoms with Gasteiger partial charge in [-0.3, -0.25) is 9.59 Å². The minimum absolute atomic E-state index is 0.0345. The summed E-state index contributed by atoms with van der Waals surface area (Å²) in [5.41, 5.74) is 2.30. The second-order valence-electron chi connectivity index (χ2n) is 7.50. The van der Waals surface area contributed by atoms with Gasteiger partial charge >= 0.3 is 5.97 Å². The van der Waals surface area contributed by atoms with Gasteiger partial charge in [0.05, 0.1) is 23.4 Å². The van der Waals surface area contributed by atoms with Gasteiger partial charge in [0.2, 0.25) is 5.91 Å². The minimum atomic E-state index is -0.623. The molecule has 0 spiro atoms. The number of hydrogen-bond acceptors (Lipinski definition) is 7. The summed E-state index contributed by atoms with van der Waals surface area (Å²) < 4.78 is 6.35. The van der Waals surface area contributed by atoms with E-state index in [1.165, 1.54) is 27.8 Å². The van der Waals surface area contributed by atoms with Gasteiger partial charge in [-0.1, -0.05) is 48.0 Å². The number of ether oxygens (including phenoxy) is 1. The van der Waals surface area contributed by atoms with Gasteiger partial charge in [-0.05, 0) is 31.5 Å². The molecule has 0 saturated heterocycles. The van der Waals surface area contributed by atoms with Crippen LogP contribution in [0.3, 0.4) is 0 Å². The van der Waals surface area contributed by atoms with Crippen LogP contribution in [0.4, 0.5) is 5.00 Å². The summed E-state index contributed by atoms with van der Waals surface area (Å²) >= 11 is 2.67. The van der Waals surface area contributed by atoms with Crippen molar-refractivity contribution in [3.63, 3.8) is 0 Å². The van der Waals surface area contributed by atoms with Gasteiger partial charge < -0.3 is 10.1 Å². The lowest BCUT2D eigenvalue weighted by molar-refractivity contribution is -0.113. The zero-order chi connectivity index (χ0) is 24.1. The maximum Gasteiger partial charge on any atom is 0.359 e. The van der Waals surface area contributed by atoms with Crippen molar-refractivity contribution in [3.05, 3.63) is 87.2 Å². The fraction of sp³-hybridized carbons (Fsp3) is 0.200. The summed E-state index contributed by atoms with van der Waals surface area (Å²) in [5.74, 6) is 0.0928. The Labute approximate surface area is 204 Å². The highest BCUT2D eigenvalue weighted by atomic mass is 32.2. The molecule has 2 heterocycles. The summed E-state index contributed by atoms with van der Waals surface area (Å²) in [4.78, 5) is 38.7. The number of carbonyl (C=O) groups is 2. The van der Waals surface area contributed by atoms with Crippen molar-refractivity contribution in [2.75, 3.05) is 17.7 Å². The van der Waals surface area contributed by atoms with Crippen molar-refractivity contribution in [2.45, 2.75) is 19.6 Å². The van der Waals surface area contributed by atoms with Crippen LogP contribution >= 0.6 is 23.1 Å². The number of esters is 1. The zero-order valence-corrected chi connectivity index (χ0v) is 20.4. The molecule has 1 N–H and O–H groups in total. The molecule has 4 rings (SSSR count). The molecule has 0 fully saturated rings. The Balaban J connectivity index is 1.66. The number of benzene rings is 2. The first-order valence-corrected chi connectivity index (χ1v) is 12.7. The Morgan fingerprint density at radius 3 is 2.56 bits per heavy atom. The molecule has 0 unspecified atom stereocenters. The second-order valence-corrected chi connectivity index (χ2v) is 9.37. The molecular formula is C25H23N3O4S2. The third-order valence-corrected chi connectivity index (χ3v) is 6.90. The van der Waals surface area contributed by atoms with Crippen molar-refractivity contribution in [2.24, 2.45) is 0 Å². The number of hydrogen-bond donors (Lipinski definition) is 1. The molecule has 174 valence electrons. The zero-order valence-electron chi connectivity index (χ0n) is 18.7. The Bertz CT molecular complexity index is 1380. The van der Waals surface area contributed by atoms with E-state index in [1.54, 1.807) is 24.4 Å². The third kappa shape index (κ3) is 5.21. The van der Waals surface area contributed by atoms with Gasteiger partial charge in [0.25, 0.3) is 5.56 Å². The molecule has 1 amide bonds.